The maximum Gasteiger partial charge on any atom is 0 e. The Morgan fingerprint density at radius 1 is 0.778 bits per heavy atom. The van der Waals surface area contributed by atoms with Crippen LogP contribution >= 0.6 is 0 Å². The van der Waals surface area contributed by atoms with Crippen molar-refractivity contribution in [1.82, 2.24) is 0 Å². The van der Waals surface area contributed by atoms with E-state index in [2.05, 4.69) is 20.8 Å². The topological polar surface area (TPSA) is 0 Å². The van der Waals surface area contributed by atoms with Crippen LogP contribution in [0.4, 0.5) is 4.70 Å². The third kappa shape index (κ3) is 56900. The first-order chi connectivity index (χ1) is 3.73. The van der Waals surface area contributed by atoms with Gasteiger partial charge in [0, 0.05) is 1.43 Å². The molecule has 0 fully saturated rings. The fourth-order valence-electron chi connectivity index (χ4n) is 0. The van der Waals surface area contributed by atoms with Crippen LogP contribution in [0, 0.1) is 5.92 Å². The van der Waals surface area contributed by atoms with Crippen LogP contribution in [0.25, 0.3) is 0 Å². The molecule has 0 atom stereocenters. The molecule has 64 valence electrons. The van der Waals surface area contributed by atoms with E-state index in [9.17, 15) is 0 Å². The van der Waals surface area contributed by atoms with Gasteiger partial charge in [0.1, 0.15) is 0 Å². The van der Waals surface area contributed by atoms with Gasteiger partial charge in [0.25, 0.3) is 0 Å². The molecule has 0 spiro atoms. The molecule has 9 heavy (non-hydrogen) atoms. The molecule has 0 aromatic rings. The fourth-order valence-corrected chi connectivity index (χ4v) is 0. The van der Waals surface area contributed by atoms with E-state index in [4.69, 9.17) is 0 Å². The highest BCUT2D eigenvalue weighted by atomic mass is 19.0. The van der Waals surface area contributed by atoms with E-state index in [1.165, 1.54) is 0 Å². The average molecular weight is 140 g/mol. The van der Waals surface area contributed by atoms with E-state index in [1.54, 1.807) is 0 Å². The molecular formula is C8H25F. The van der Waals surface area contributed by atoms with Crippen LogP contribution in [0.5, 0.6) is 0 Å². The molecule has 0 radical (unpaired) electrons. The summed E-state index contributed by atoms with van der Waals surface area (Å²) in [4.78, 5) is 0. The molecule has 1 heteroatoms. The van der Waals surface area contributed by atoms with Crippen LogP contribution < -0.4 is 0 Å². The van der Waals surface area contributed by atoms with Gasteiger partial charge < -0.3 is 0 Å². The Hall–Kier alpha value is -0.0700. The predicted octanol–water partition coefficient (Wildman–Crippen LogP) is 4.11. The standard InChI is InChI=1S/C4H10.2C2H6.FH.H2/c1-4(2)3;2*1-2;;/h4H,1-3H3;2*1-2H3;2*1H. The summed E-state index contributed by atoms with van der Waals surface area (Å²) in [5.41, 5.74) is 0. The molecule has 0 nitrogen and oxygen atoms in total. The Balaban J connectivity index is -0.0000000125. The van der Waals surface area contributed by atoms with Gasteiger partial charge in [0.05, 0.1) is 0 Å². The number of halogens is 1. The number of hydrogen-bond donors (Lipinski definition) is 0. The van der Waals surface area contributed by atoms with Crippen molar-refractivity contribution in [2.45, 2.75) is 48.5 Å². The van der Waals surface area contributed by atoms with Gasteiger partial charge >= 0.3 is 0 Å². The largest absolute Gasteiger partial charge is 0.269 e. The second-order valence-electron chi connectivity index (χ2n) is 1.73. The summed E-state index contributed by atoms with van der Waals surface area (Å²) in [5.74, 6) is 0.833. The molecule has 0 N–H and O–H groups in total. The van der Waals surface area contributed by atoms with Crippen LogP contribution in [0.1, 0.15) is 49.9 Å². The van der Waals surface area contributed by atoms with Crippen LogP contribution in [-0.4, -0.2) is 0 Å². The molecule has 0 aromatic carbocycles. The SMILES string of the molecule is CC.CC.CC(C)C.F.[HH]. The smallest absolute Gasteiger partial charge is 0 e. The van der Waals surface area contributed by atoms with Crippen LogP contribution in [-0.2, 0) is 0 Å². The highest BCUT2D eigenvalue weighted by Crippen LogP contribution is 1.81. The average Bonchev–Trinajstić information content (AvgIpc) is 1.75. The number of rotatable bonds is 0. The zero-order valence-electron chi connectivity index (χ0n) is 7.99. The van der Waals surface area contributed by atoms with Crippen molar-refractivity contribution in [2.75, 3.05) is 0 Å². The van der Waals surface area contributed by atoms with E-state index in [0.717, 1.165) is 5.92 Å². The maximum absolute atomic E-state index is 2.17. The minimum Gasteiger partial charge on any atom is -0.269 e. The van der Waals surface area contributed by atoms with Gasteiger partial charge in [0.15, 0.2) is 0 Å². The zero-order valence-corrected chi connectivity index (χ0v) is 7.99. The molecule has 0 aliphatic rings. The Bertz CT molecular complexity index is 14.0. The lowest BCUT2D eigenvalue weighted by Gasteiger charge is -1.79. The lowest BCUT2D eigenvalue weighted by atomic mass is 10.3. The van der Waals surface area contributed by atoms with Crippen molar-refractivity contribution >= 4 is 0 Å². The molecule has 0 aromatic heterocycles. The van der Waals surface area contributed by atoms with Gasteiger partial charge in [-0.1, -0.05) is 48.5 Å². The lowest BCUT2D eigenvalue weighted by Crippen LogP contribution is -1.66. The van der Waals surface area contributed by atoms with E-state index in [-0.39, 0.29) is 6.13 Å². The maximum atomic E-state index is 2.17. The van der Waals surface area contributed by atoms with Crippen molar-refractivity contribution in [2.24, 2.45) is 5.92 Å². The van der Waals surface area contributed by atoms with Gasteiger partial charge in [-0.25, -0.2) is 0 Å². The Morgan fingerprint density at radius 3 is 0.778 bits per heavy atom. The van der Waals surface area contributed by atoms with Gasteiger partial charge in [-0.05, 0) is 5.92 Å². The summed E-state index contributed by atoms with van der Waals surface area (Å²) in [7, 11) is 0. The van der Waals surface area contributed by atoms with Gasteiger partial charge in [0.2, 0.25) is 0 Å². The van der Waals surface area contributed by atoms with Crippen LogP contribution in [0.15, 0.2) is 0 Å². The minimum atomic E-state index is 0. The van der Waals surface area contributed by atoms with Crippen molar-refractivity contribution in [3.05, 3.63) is 0 Å². The molecule has 0 aliphatic heterocycles. The molecule has 0 rings (SSSR count). The van der Waals surface area contributed by atoms with Crippen molar-refractivity contribution in [3.63, 3.8) is 0 Å². The highest BCUT2D eigenvalue weighted by molar-refractivity contribution is 4.20. The summed E-state index contributed by atoms with van der Waals surface area (Å²) in [6, 6.07) is 0. The second kappa shape index (κ2) is 44.4. The molecular weight excluding hydrogens is 115 g/mol. The second-order valence-corrected chi connectivity index (χ2v) is 1.73. The number of hydrogen-bond acceptors (Lipinski definition) is 0. The minimum absolute atomic E-state index is 0. The molecule has 0 heterocycles. The van der Waals surface area contributed by atoms with Crippen LogP contribution in [0.2, 0.25) is 0 Å². The third-order valence-corrected chi connectivity index (χ3v) is 0. The summed E-state index contributed by atoms with van der Waals surface area (Å²) in [6.07, 6.45) is 0. The molecule has 0 aliphatic carbocycles. The molecule has 0 saturated carbocycles. The normalized spacial score (nSPS) is 5.33. The Kier molecular flexibility index (Phi) is 114. The van der Waals surface area contributed by atoms with Crippen LogP contribution in [0.3, 0.4) is 0 Å². The third-order valence-electron chi connectivity index (χ3n) is 0. The van der Waals surface area contributed by atoms with E-state index < -0.39 is 0 Å². The van der Waals surface area contributed by atoms with Crippen molar-refractivity contribution < 1.29 is 6.13 Å². The monoisotopic (exact) mass is 140 g/mol. The van der Waals surface area contributed by atoms with E-state index in [0.29, 0.717) is 0 Å². The van der Waals surface area contributed by atoms with E-state index >= 15 is 0 Å². The molecule has 0 unspecified atom stereocenters. The first-order valence-electron chi connectivity index (χ1n) is 3.73. The summed E-state index contributed by atoms with van der Waals surface area (Å²) >= 11 is 0. The Morgan fingerprint density at radius 2 is 0.778 bits per heavy atom. The highest BCUT2D eigenvalue weighted by Gasteiger charge is 1.68. The van der Waals surface area contributed by atoms with Gasteiger partial charge in [-0.15, -0.1) is 0 Å². The summed E-state index contributed by atoms with van der Waals surface area (Å²) < 4.78 is 0. The fraction of sp³-hybridized carbons (Fsp3) is 1.00. The molecule has 0 saturated heterocycles. The Labute approximate surface area is 61.5 Å². The summed E-state index contributed by atoms with van der Waals surface area (Å²) in [5, 5.41) is 0. The van der Waals surface area contributed by atoms with Gasteiger partial charge in [-0.2, -0.15) is 0 Å². The van der Waals surface area contributed by atoms with Gasteiger partial charge in [-0.3, -0.25) is 4.70 Å². The first-order valence-corrected chi connectivity index (χ1v) is 3.73. The quantitative estimate of drug-likeness (QED) is 0.475. The predicted molar refractivity (Wildman–Crippen MR) is 47.8 cm³/mol. The zero-order chi connectivity index (χ0) is 7.58. The summed E-state index contributed by atoms with van der Waals surface area (Å²) in [6.45, 7) is 14.5. The first kappa shape index (κ1) is 23.1. The molecule has 0 amide bonds. The van der Waals surface area contributed by atoms with Crippen molar-refractivity contribution in [3.8, 4) is 0 Å². The van der Waals surface area contributed by atoms with E-state index in [1.807, 2.05) is 27.7 Å². The lowest BCUT2D eigenvalue weighted by molar-refractivity contribution is 0.737. The molecule has 0 bridgehead atoms. The van der Waals surface area contributed by atoms with Crippen molar-refractivity contribution in [1.29, 1.82) is 0 Å².